The lowest BCUT2D eigenvalue weighted by Gasteiger charge is -2.23. The molecule has 0 aliphatic carbocycles. The monoisotopic (exact) mass is 383 g/mol. The van der Waals surface area contributed by atoms with Crippen LogP contribution in [0.3, 0.4) is 0 Å². The molecule has 0 saturated carbocycles. The number of hydrogen-bond donors (Lipinski definition) is 3. The second-order valence-electron chi connectivity index (χ2n) is 7.15. The molecule has 7 heteroatoms. The Hall–Kier alpha value is -3.19. The van der Waals surface area contributed by atoms with Gasteiger partial charge in [-0.3, -0.25) is 10.2 Å². The van der Waals surface area contributed by atoms with E-state index in [1.807, 2.05) is 60.7 Å². The molecule has 2 aromatic rings. The van der Waals surface area contributed by atoms with Crippen LogP contribution in [0.5, 0.6) is 0 Å². The van der Waals surface area contributed by atoms with Crippen LogP contribution in [0.2, 0.25) is 0 Å². The van der Waals surface area contributed by atoms with E-state index in [4.69, 9.17) is 4.74 Å². The fraction of sp³-hybridized carbons (Fsp3) is 0.286. The van der Waals surface area contributed by atoms with Crippen LogP contribution in [0.1, 0.15) is 37.9 Å². The number of benzene rings is 2. The molecule has 1 atom stereocenters. The van der Waals surface area contributed by atoms with Crippen molar-refractivity contribution in [2.75, 3.05) is 0 Å². The molecular weight excluding hydrogens is 358 g/mol. The van der Waals surface area contributed by atoms with Crippen molar-refractivity contribution < 1.29 is 19.1 Å². The van der Waals surface area contributed by atoms with Gasteiger partial charge in [0.25, 0.3) is 5.91 Å². The van der Waals surface area contributed by atoms with Crippen molar-refractivity contribution in [2.45, 2.75) is 38.5 Å². The molecule has 2 aromatic carbocycles. The topological polar surface area (TPSA) is 96.5 Å². The fourth-order valence-electron chi connectivity index (χ4n) is 2.47. The number of carbonyl (C=O) groups is 3. The Balaban J connectivity index is 2.06. The van der Waals surface area contributed by atoms with Crippen molar-refractivity contribution in [3.63, 3.8) is 0 Å². The van der Waals surface area contributed by atoms with Gasteiger partial charge in [0.15, 0.2) is 12.3 Å². The van der Waals surface area contributed by atoms with E-state index in [9.17, 15) is 14.4 Å². The van der Waals surface area contributed by atoms with Crippen LogP contribution < -0.4 is 16.2 Å². The predicted molar refractivity (Wildman–Crippen MR) is 105 cm³/mol. The Bertz CT molecular complexity index is 749. The molecule has 0 saturated heterocycles. The number of nitrogens with one attached hydrogen (secondary N) is 3. The first-order chi connectivity index (χ1) is 13.3. The number of aldehydes is 1. The number of hydrazine groups is 1. The van der Waals surface area contributed by atoms with E-state index in [0.29, 0.717) is 6.29 Å². The highest BCUT2D eigenvalue weighted by molar-refractivity contribution is 5.98. The summed E-state index contributed by atoms with van der Waals surface area (Å²) in [7, 11) is 0. The quantitative estimate of drug-likeness (QED) is 0.388. The number of rotatable bonds is 7. The van der Waals surface area contributed by atoms with Crippen LogP contribution in [0.25, 0.3) is 0 Å². The van der Waals surface area contributed by atoms with Gasteiger partial charge in [-0.15, -0.1) is 0 Å². The standard InChI is InChI=1S/C21H25N3O4/c1-21(2,3)28-20(27)22-17(14-25)19(26)24-23-18(15-10-6-4-7-11-15)16-12-8-5-9-13-16/h4-14,17-18,23H,1-3H3,(H,22,27)(H,24,26)/t17-/m0/s1. The first-order valence-corrected chi connectivity index (χ1v) is 8.90. The summed E-state index contributed by atoms with van der Waals surface area (Å²) in [5.41, 5.74) is 6.56. The number of ether oxygens (including phenoxy) is 1. The summed E-state index contributed by atoms with van der Waals surface area (Å²) in [6.07, 6.45) is -0.497. The molecule has 0 aliphatic rings. The molecule has 0 fully saturated rings. The third-order valence-corrected chi connectivity index (χ3v) is 3.70. The van der Waals surface area contributed by atoms with Crippen LogP contribution in [0.4, 0.5) is 4.79 Å². The van der Waals surface area contributed by atoms with Gasteiger partial charge in [-0.05, 0) is 31.9 Å². The Labute approximate surface area is 164 Å². The van der Waals surface area contributed by atoms with Crippen LogP contribution in [-0.4, -0.2) is 29.9 Å². The predicted octanol–water partition coefficient (Wildman–Crippen LogP) is 2.49. The van der Waals surface area contributed by atoms with Crippen molar-refractivity contribution in [3.05, 3.63) is 71.8 Å². The van der Waals surface area contributed by atoms with E-state index < -0.39 is 23.6 Å². The molecule has 148 valence electrons. The van der Waals surface area contributed by atoms with Gasteiger partial charge < -0.3 is 14.8 Å². The average Bonchev–Trinajstić information content (AvgIpc) is 2.66. The van der Waals surface area contributed by atoms with Gasteiger partial charge in [-0.25, -0.2) is 10.2 Å². The smallest absolute Gasteiger partial charge is 0.408 e. The molecule has 0 aromatic heterocycles. The van der Waals surface area contributed by atoms with E-state index in [1.54, 1.807) is 20.8 Å². The average molecular weight is 383 g/mol. The maximum Gasteiger partial charge on any atom is 0.408 e. The minimum absolute atomic E-state index is 0.333. The van der Waals surface area contributed by atoms with E-state index in [1.165, 1.54) is 0 Å². The number of amides is 2. The summed E-state index contributed by atoms with van der Waals surface area (Å²) in [5.74, 6) is -0.697. The van der Waals surface area contributed by atoms with Crippen LogP contribution in [-0.2, 0) is 14.3 Å². The largest absolute Gasteiger partial charge is 0.444 e. The Morgan fingerprint density at radius 1 is 0.929 bits per heavy atom. The van der Waals surface area contributed by atoms with Gasteiger partial charge in [0, 0.05) is 0 Å². The van der Waals surface area contributed by atoms with Crippen molar-refractivity contribution in [3.8, 4) is 0 Å². The van der Waals surface area contributed by atoms with Crippen LogP contribution in [0.15, 0.2) is 60.7 Å². The second-order valence-corrected chi connectivity index (χ2v) is 7.15. The lowest BCUT2D eigenvalue weighted by Crippen LogP contribution is -2.53. The van der Waals surface area contributed by atoms with Crippen LogP contribution >= 0.6 is 0 Å². The third kappa shape index (κ3) is 6.51. The van der Waals surface area contributed by atoms with Crippen molar-refractivity contribution in [1.29, 1.82) is 0 Å². The number of hydrogen-bond acceptors (Lipinski definition) is 5. The molecular formula is C21H25N3O4. The normalized spacial score (nSPS) is 12.1. The third-order valence-electron chi connectivity index (χ3n) is 3.70. The lowest BCUT2D eigenvalue weighted by molar-refractivity contribution is -0.127. The van der Waals surface area contributed by atoms with E-state index in [-0.39, 0.29) is 6.04 Å². The summed E-state index contributed by atoms with van der Waals surface area (Å²) in [6, 6.07) is 17.4. The molecule has 0 radical (unpaired) electrons. The zero-order valence-corrected chi connectivity index (χ0v) is 16.1. The molecule has 0 spiro atoms. The highest BCUT2D eigenvalue weighted by Gasteiger charge is 2.24. The van der Waals surface area contributed by atoms with Gasteiger partial charge in [0.05, 0.1) is 6.04 Å². The molecule has 3 N–H and O–H groups in total. The molecule has 0 unspecified atom stereocenters. The summed E-state index contributed by atoms with van der Waals surface area (Å²) in [5, 5.41) is 2.25. The summed E-state index contributed by atoms with van der Waals surface area (Å²) in [4.78, 5) is 35.5. The maximum atomic E-state index is 12.4. The van der Waals surface area contributed by atoms with Crippen molar-refractivity contribution >= 4 is 18.3 Å². The van der Waals surface area contributed by atoms with Crippen molar-refractivity contribution in [1.82, 2.24) is 16.2 Å². The maximum absolute atomic E-state index is 12.4. The minimum atomic E-state index is -1.38. The number of alkyl carbamates (subject to hydrolysis) is 1. The molecule has 0 bridgehead atoms. The highest BCUT2D eigenvalue weighted by Crippen LogP contribution is 2.20. The van der Waals surface area contributed by atoms with Gasteiger partial charge in [-0.2, -0.15) is 0 Å². The lowest BCUT2D eigenvalue weighted by atomic mass is 9.99. The zero-order chi connectivity index (χ0) is 20.6. The summed E-state index contributed by atoms with van der Waals surface area (Å²) >= 11 is 0. The molecule has 7 nitrogen and oxygen atoms in total. The molecule has 0 heterocycles. The fourth-order valence-corrected chi connectivity index (χ4v) is 2.47. The Morgan fingerprint density at radius 3 is 1.86 bits per heavy atom. The zero-order valence-electron chi connectivity index (χ0n) is 16.1. The summed E-state index contributed by atoms with van der Waals surface area (Å²) in [6.45, 7) is 5.07. The van der Waals surface area contributed by atoms with Gasteiger partial charge in [0.2, 0.25) is 0 Å². The summed E-state index contributed by atoms with van der Waals surface area (Å²) < 4.78 is 5.08. The van der Waals surface area contributed by atoms with Gasteiger partial charge in [0.1, 0.15) is 5.60 Å². The molecule has 2 amide bonds. The van der Waals surface area contributed by atoms with Crippen LogP contribution in [0, 0.1) is 0 Å². The van der Waals surface area contributed by atoms with E-state index in [2.05, 4.69) is 16.2 Å². The first kappa shape index (κ1) is 21.1. The Morgan fingerprint density at radius 2 is 1.43 bits per heavy atom. The number of carbonyl (C=O) groups excluding carboxylic acids is 3. The second kappa shape index (κ2) is 9.66. The van der Waals surface area contributed by atoms with Gasteiger partial charge in [-0.1, -0.05) is 60.7 Å². The highest BCUT2D eigenvalue weighted by atomic mass is 16.6. The minimum Gasteiger partial charge on any atom is -0.444 e. The SMILES string of the molecule is CC(C)(C)OC(=O)N[C@@H](C=O)C(=O)NNC(c1ccccc1)c1ccccc1. The molecule has 28 heavy (non-hydrogen) atoms. The van der Waals surface area contributed by atoms with Gasteiger partial charge >= 0.3 is 6.09 Å². The molecule has 2 rings (SSSR count). The first-order valence-electron chi connectivity index (χ1n) is 8.90. The van der Waals surface area contributed by atoms with Crippen molar-refractivity contribution in [2.24, 2.45) is 0 Å². The van der Waals surface area contributed by atoms with E-state index >= 15 is 0 Å². The van der Waals surface area contributed by atoms with E-state index in [0.717, 1.165) is 11.1 Å². The Kier molecular flexibility index (Phi) is 7.28. The molecule has 0 aliphatic heterocycles.